The van der Waals surface area contributed by atoms with Gasteiger partial charge in [-0.3, -0.25) is 4.98 Å². The normalized spacial score (nSPS) is 14.2. The molecule has 0 amide bonds. The number of pyridine rings is 1. The minimum atomic E-state index is -0.508. The van der Waals surface area contributed by atoms with Crippen LogP contribution in [-0.2, 0) is 10.8 Å². The number of benzene rings is 8. The van der Waals surface area contributed by atoms with E-state index in [0.29, 0.717) is 0 Å². The van der Waals surface area contributed by atoms with Crippen molar-refractivity contribution < 1.29 is 0 Å². The molecule has 266 valence electrons. The molecule has 0 saturated heterocycles. The fourth-order valence-electron chi connectivity index (χ4n) is 10.7. The Labute approximate surface area is 333 Å². The maximum Gasteiger partial charge on any atom is 0.0726 e. The van der Waals surface area contributed by atoms with Gasteiger partial charge in [0, 0.05) is 17.6 Å². The molecule has 2 nitrogen and oxygen atoms in total. The molecule has 9 aromatic rings. The second kappa shape index (κ2) is 12.1. The lowest BCUT2D eigenvalue weighted by atomic mass is 9.67. The van der Waals surface area contributed by atoms with E-state index < -0.39 is 10.8 Å². The van der Waals surface area contributed by atoms with Gasteiger partial charge in [0.05, 0.1) is 22.7 Å². The highest BCUT2D eigenvalue weighted by Crippen LogP contribution is 2.63. The van der Waals surface area contributed by atoms with E-state index in [1.165, 1.54) is 77.9 Å². The van der Waals surface area contributed by atoms with Gasteiger partial charge in [0.2, 0.25) is 0 Å². The number of nitrogens with zero attached hydrogens (tertiary/aromatic N) is 2. The lowest BCUT2D eigenvalue weighted by molar-refractivity contribution is 0.768. The number of rotatable bonds is 5. The molecule has 8 aromatic carbocycles. The molecule has 0 unspecified atom stereocenters. The molecule has 0 N–H and O–H groups in total. The van der Waals surface area contributed by atoms with E-state index in [1.807, 2.05) is 18.5 Å². The highest BCUT2D eigenvalue weighted by molar-refractivity contribution is 5.97. The second-order valence-corrected chi connectivity index (χ2v) is 15.4. The van der Waals surface area contributed by atoms with Gasteiger partial charge in [-0.2, -0.15) is 0 Å². The summed E-state index contributed by atoms with van der Waals surface area (Å²) in [5, 5.41) is 0. The van der Waals surface area contributed by atoms with E-state index in [2.05, 4.69) is 210 Å². The molecule has 0 fully saturated rings. The summed E-state index contributed by atoms with van der Waals surface area (Å²) in [7, 11) is 0. The molecule has 0 atom stereocenters. The molecular weight excluding hydrogens is 689 g/mol. The third kappa shape index (κ3) is 4.22. The molecule has 12 rings (SSSR count). The van der Waals surface area contributed by atoms with Crippen LogP contribution in [0, 0.1) is 0 Å². The van der Waals surface area contributed by atoms with Crippen molar-refractivity contribution in [2.24, 2.45) is 0 Å². The van der Waals surface area contributed by atoms with Gasteiger partial charge in [0.25, 0.3) is 0 Å². The van der Waals surface area contributed by atoms with E-state index >= 15 is 0 Å². The summed E-state index contributed by atoms with van der Waals surface area (Å²) in [5.74, 6) is 0. The van der Waals surface area contributed by atoms with Crippen LogP contribution in [-0.4, -0.2) is 4.98 Å². The highest BCUT2D eigenvalue weighted by Gasteiger charge is 2.52. The molecular formula is C55H36N2. The van der Waals surface area contributed by atoms with Gasteiger partial charge in [0.15, 0.2) is 0 Å². The van der Waals surface area contributed by atoms with Crippen LogP contribution in [0.3, 0.4) is 0 Å². The van der Waals surface area contributed by atoms with Crippen LogP contribution in [0.5, 0.6) is 0 Å². The molecule has 1 heterocycles. The zero-order chi connectivity index (χ0) is 37.6. The maximum absolute atomic E-state index is 4.68. The monoisotopic (exact) mass is 724 g/mol. The number of anilines is 3. The summed E-state index contributed by atoms with van der Waals surface area (Å²) in [6, 6.07) is 76.5. The van der Waals surface area contributed by atoms with E-state index in [9.17, 15) is 0 Å². The van der Waals surface area contributed by atoms with Gasteiger partial charge in [-0.05, 0) is 114 Å². The summed E-state index contributed by atoms with van der Waals surface area (Å²) < 4.78 is 0. The molecule has 0 saturated carbocycles. The zero-order valence-electron chi connectivity index (χ0n) is 31.2. The average Bonchev–Trinajstić information content (AvgIpc) is 3.87. The summed E-state index contributed by atoms with van der Waals surface area (Å²) in [5.41, 5.74) is 20.4. The first-order valence-electron chi connectivity index (χ1n) is 19.8. The number of fused-ring (bicyclic) bond motifs is 13. The van der Waals surface area contributed by atoms with Gasteiger partial charge >= 0.3 is 0 Å². The van der Waals surface area contributed by atoms with Gasteiger partial charge in [0.1, 0.15) is 0 Å². The molecule has 3 aliphatic rings. The third-order valence-corrected chi connectivity index (χ3v) is 12.8. The van der Waals surface area contributed by atoms with Gasteiger partial charge in [-0.25, -0.2) is 0 Å². The smallest absolute Gasteiger partial charge is 0.0726 e. The quantitative estimate of drug-likeness (QED) is 0.176. The first kappa shape index (κ1) is 32.0. The van der Waals surface area contributed by atoms with Gasteiger partial charge in [-0.1, -0.05) is 170 Å². The number of aromatic nitrogens is 1. The third-order valence-electron chi connectivity index (χ3n) is 12.8. The van der Waals surface area contributed by atoms with Crippen LogP contribution >= 0.6 is 0 Å². The minimum Gasteiger partial charge on any atom is -0.309 e. The summed E-state index contributed by atoms with van der Waals surface area (Å²) in [6.07, 6.45) is 3.85. The number of hydrogen-bond donors (Lipinski definition) is 0. The molecule has 3 aliphatic carbocycles. The van der Waals surface area contributed by atoms with Crippen molar-refractivity contribution in [2.75, 3.05) is 4.90 Å². The Kier molecular flexibility index (Phi) is 6.80. The van der Waals surface area contributed by atoms with Crippen molar-refractivity contribution in [2.45, 2.75) is 10.8 Å². The first-order chi connectivity index (χ1) is 28.3. The Morgan fingerprint density at radius 2 is 0.684 bits per heavy atom. The van der Waals surface area contributed by atoms with Crippen LogP contribution in [0.15, 0.2) is 219 Å². The minimum absolute atomic E-state index is 0.439. The van der Waals surface area contributed by atoms with Crippen molar-refractivity contribution in [1.82, 2.24) is 4.98 Å². The SMILES string of the molecule is c1ccc(C2(c3ccccc3)c3ccccc3-c3ccc(N(c4cccnc4)c4ccc5c(c4)C4(c6ccccc6-c6ccccc64)c4ccccc4-5)cc32)cc1. The van der Waals surface area contributed by atoms with E-state index in [-0.39, 0.29) is 0 Å². The maximum atomic E-state index is 4.68. The van der Waals surface area contributed by atoms with Crippen molar-refractivity contribution in [3.05, 3.63) is 263 Å². The topological polar surface area (TPSA) is 16.1 Å². The van der Waals surface area contributed by atoms with Crippen molar-refractivity contribution >= 4 is 17.1 Å². The van der Waals surface area contributed by atoms with Crippen LogP contribution in [0.25, 0.3) is 33.4 Å². The average molecular weight is 725 g/mol. The van der Waals surface area contributed by atoms with Gasteiger partial charge in [-0.15, -0.1) is 0 Å². The second-order valence-electron chi connectivity index (χ2n) is 15.4. The highest BCUT2D eigenvalue weighted by atomic mass is 15.1. The lowest BCUT2D eigenvalue weighted by Gasteiger charge is -2.35. The molecule has 0 bridgehead atoms. The molecule has 1 spiro atoms. The van der Waals surface area contributed by atoms with E-state index in [0.717, 1.165) is 17.1 Å². The number of hydrogen-bond acceptors (Lipinski definition) is 2. The lowest BCUT2D eigenvalue weighted by Crippen LogP contribution is -2.28. The standard InChI is InChI=1S/C55H36N2/c1-3-16-37(17-4-1)54(38-18-5-2-6-19-38)48-25-11-7-23-44(48)46-31-29-39(34-52(46)54)57(41-20-15-33-56-36-41)40-30-32-47-45-24-10-14-28-51(45)55(53(47)35-40)49-26-12-8-21-42(49)43-22-9-13-27-50(43)55/h1-36H. The molecule has 2 heteroatoms. The fraction of sp³-hybridized carbons (Fsp3) is 0.0364. The Morgan fingerprint density at radius 1 is 0.298 bits per heavy atom. The Hall–Kier alpha value is -7.29. The fourth-order valence-corrected chi connectivity index (χ4v) is 10.7. The van der Waals surface area contributed by atoms with Crippen LogP contribution in [0.1, 0.15) is 44.5 Å². The summed E-state index contributed by atoms with van der Waals surface area (Å²) >= 11 is 0. The van der Waals surface area contributed by atoms with Gasteiger partial charge < -0.3 is 4.90 Å². The van der Waals surface area contributed by atoms with Crippen molar-refractivity contribution in [3.8, 4) is 33.4 Å². The Morgan fingerprint density at radius 3 is 1.12 bits per heavy atom. The van der Waals surface area contributed by atoms with Crippen LogP contribution in [0.4, 0.5) is 17.1 Å². The van der Waals surface area contributed by atoms with E-state index in [4.69, 9.17) is 0 Å². The zero-order valence-corrected chi connectivity index (χ0v) is 31.2. The predicted molar refractivity (Wildman–Crippen MR) is 233 cm³/mol. The largest absolute Gasteiger partial charge is 0.309 e. The Bertz CT molecular complexity index is 2810. The van der Waals surface area contributed by atoms with Crippen LogP contribution in [0.2, 0.25) is 0 Å². The molecule has 0 aliphatic heterocycles. The van der Waals surface area contributed by atoms with Crippen LogP contribution < -0.4 is 4.90 Å². The molecule has 0 radical (unpaired) electrons. The first-order valence-corrected chi connectivity index (χ1v) is 19.8. The predicted octanol–water partition coefficient (Wildman–Crippen LogP) is 13.3. The van der Waals surface area contributed by atoms with E-state index in [1.54, 1.807) is 0 Å². The van der Waals surface area contributed by atoms with Crippen molar-refractivity contribution in [3.63, 3.8) is 0 Å². The summed E-state index contributed by atoms with van der Waals surface area (Å²) in [4.78, 5) is 7.08. The van der Waals surface area contributed by atoms with Crippen molar-refractivity contribution in [1.29, 1.82) is 0 Å². The molecule has 57 heavy (non-hydrogen) atoms. The summed E-state index contributed by atoms with van der Waals surface area (Å²) in [6.45, 7) is 0. The molecule has 1 aromatic heterocycles. The Balaban J connectivity index is 1.13.